The van der Waals surface area contributed by atoms with Gasteiger partial charge in [0.25, 0.3) is 0 Å². The Morgan fingerprint density at radius 1 is 1.68 bits per heavy atom. The Kier molecular flexibility index (Phi) is 4.38. The van der Waals surface area contributed by atoms with E-state index in [2.05, 4.69) is 15.3 Å². The van der Waals surface area contributed by atoms with E-state index in [0.717, 1.165) is 12.8 Å². The van der Waals surface area contributed by atoms with Gasteiger partial charge in [-0.25, -0.2) is 9.78 Å². The van der Waals surface area contributed by atoms with E-state index in [0.29, 0.717) is 31.5 Å². The zero-order chi connectivity index (χ0) is 13.7. The molecule has 2 rings (SSSR count). The number of piperidine rings is 1. The summed E-state index contributed by atoms with van der Waals surface area (Å²) in [6.07, 6.45) is 3.53. The van der Waals surface area contributed by atoms with Crippen molar-refractivity contribution >= 4 is 12.0 Å². The average molecular weight is 265 g/mol. The molecule has 2 amide bonds. The van der Waals surface area contributed by atoms with Gasteiger partial charge in [-0.2, -0.15) is 4.98 Å². The number of ether oxygens (including phenoxy) is 1. The number of carbonyl (C=O) groups excluding carboxylic acids is 1. The number of rotatable bonds is 4. The van der Waals surface area contributed by atoms with Crippen LogP contribution in [0.25, 0.3) is 0 Å². The van der Waals surface area contributed by atoms with Crippen molar-refractivity contribution in [2.24, 2.45) is 5.73 Å². The number of aromatic nitrogens is 2. The second-order valence-corrected chi connectivity index (χ2v) is 4.42. The first kappa shape index (κ1) is 13.4. The Morgan fingerprint density at radius 3 is 3.26 bits per heavy atom. The summed E-state index contributed by atoms with van der Waals surface area (Å²) in [4.78, 5) is 21.2. The van der Waals surface area contributed by atoms with Crippen molar-refractivity contribution in [1.29, 1.82) is 0 Å². The Hall–Kier alpha value is -2.05. The minimum atomic E-state index is -0.379. The van der Waals surface area contributed by atoms with Crippen LogP contribution in [0.3, 0.4) is 0 Å². The standard InChI is InChI=1S/C12H19N5O2/c1-2-19-10-5-6-14-12(16-10)15-9-4-3-7-17(8-9)11(13)18/h5-6,9H,2-4,7-8H2,1H3,(H2,13,18)(H,14,15,16). The van der Waals surface area contributed by atoms with Crippen molar-refractivity contribution in [3.8, 4) is 5.88 Å². The maximum Gasteiger partial charge on any atom is 0.314 e. The second kappa shape index (κ2) is 6.21. The van der Waals surface area contributed by atoms with Crippen LogP contribution in [0.15, 0.2) is 12.3 Å². The van der Waals surface area contributed by atoms with Crippen LogP contribution in [0.4, 0.5) is 10.7 Å². The lowest BCUT2D eigenvalue weighted by molar-refractivity contribution is 0.191. The van der Waals surface area contributed by atoms with Gasteiger partial charge in [-0.1, -0.05) is 0 Å². The number of hydrogen-bond acceptors (Lipinski definition) is 5. The number of nitrogens with two attached hydrogens (primary N) is 1. The Morgan fingerprint density at radius 2 is 2.53 bits per heavy atom. The van der Waals surface area contributed by atoms with E-state index >= 15 is 0 Å². The van der Waals surface area contributed by atoms with Gasteiger partial charge < -0.3 is 20.7 Å². The van der Waals surface area contributed by atoms with Crippen LogP contribution in [-0.2, 0) is 0 Å². The van der Waals surface area contributed by atoms with Crippen molar-refractivity contribution in [2.45, 2.75) is 25.8 Å². The summed E-state index contributed by atoms with van der Waals surface area (Å²) in [5.41, 5.74) is 5.29. The average Bonchev–Trinajstić information content (AvgIpc) is 2.40. The molecule has 0 aromatic carbocycles. The molecule has 2 heterocycles. The third kappa shape index (κ3) is 3.70. The number of urea groups is 1. The number of anilines is 1. The van der Waals surface area contributed by atoms with Crippen LogP contribution in [0.5, 0.6) is 5.88 Å². The van der Waals surface area contributed by atoms with Gasteiger partial charge in [-0.15, -0.1) is 0 Å². The van der Waals surface area contributed by atoms with Gasteiger partial charge in [0.05, 0.1) is 6.61 Å². The Balaban J connectivity index is 1.96. The lowest BCUT2D eigenvalue weighted by Crippen LogP contribution is -2.47. The normalized spacial score (nSPS) is 19.0. The van der Waals surface area contributed by atoms with Gasteiger partial charge in [0.2, 0.25) is 11.8 Å². The topological polar surface area (TPSA) is 93.4 Å². The molecule has 1 fully saturated rings. The van der Waals surface area contributed by atoms with E-state index in [1.54, 1.807) is 17.2 Å². The van der Waals surface area contributed by atoms with Crippen molar-refractivity contribution in [2.75, 3.05) is 25.0 Å². The van der Waals surface area contributed by atoms with Crippen LogP contribution in [0, 0.1) is 0 Å². The summed E-state index contributed by atoms with van der Waals surface area (Å²) in [7, 11) is 0. The summed E-state index contributed by atoms with van der Waals surface area (Å²) in [6.45, 7) is 3.77. The fourth-order valence-corrected chi connectivity index (χ4v) is 2.12. The summed E-state index contributed by atoms with van der Waals surface area (Å²) in [5.74, 6) is 1.06. The minimum absolute atomic E-state index is 0.123. The highest BCUT2D eigenvalue weighted by molar-refractivity contribution is 5.72. The highest BCUT2D eigenvalue weighted by Crippen LogP contribution is 2.15. The molecule has 0 spiro atoms. The summed E-state index contributed by atoms with van der Waals surface area (Å²) < 4.78 is 5.32. The van der Waals surface area contributed by atoms with Crippen molar-refractivity contribution in [3.05, 3.63) is 12.3 Å². The number of carbonyl (C=O) groups is 1. The fraction of sp³-hybridized carbons (Fsp3) is 0.583. The number of likely N-dealkylation sites (tertiary alicyclic amines) is 1. The van der Waals surface area contributed by atoms with E-state index < -0.39 is 0 Å². The monoisotopic (exact) mass is 265 g/mol. The van der Waals surface area contributed by atoms with Crippen molar-refractivity contribution in [1.82, 2.24) is 14.9 Å². The first-order chi connectivity index (χ1) is 9.19. The summed E-state index contributed by atoms with van der Waals surface area (Å²) >= 11 is 0. The lowest BCUT2D eigenvalue weighted by Gasteiger charge is -2.31. The maximum atomic E-state index is 11.2. The minimum Gasteiger partial charge on any atom is -0.478 e. The Labute approximate surface area is 112 Å². The predicted molar refractivity (Wildman–Crippen MR) is 71.0 cm³/mol. The fourth-order valence-electron chi connectivity index (χ4n) is 2.12. The van der Waals surface area contributed by atoms with E-state index in [9.17, 15) is 4.79 Å². The first-order valence-electron chi connectivity index (χ1n) is 6.45. The smallest absolute Gasteiger partial charge is 0.314 e. The van der Waals surface area contributed by atoms with Gasteiger partial charge >= 0.3 is 6.03 Å². The van der Waals surface area contributed by atoms with Gasteiger partial charge in [-0.3, -0.25) is 0 Å². The largest absolute Gasteiger partial charge is 0.478 e. The van der Waals surface area contributed by atoms with Crippen molar-refractivity contribution in [3.63, 3.8) is 0 Å². The zero-order valence-electron chi connectivity index (χ0n) is 11.0. The van der Waals surface area contributed by atoms with Gasteiger partial charge in [-0.05, 0) is 19.8 Å². The van der Waals surface area contributed by atoms with Gasteiger partial charge in [0, 0.05) is 31.4 Å². The maximum absolute atomic E-state index is 11.2. The third-order valence-corrected chi connectivity index (χ3v) is 2.99. The second-order valence-electron chi connectivity index (χ2n) is 4.42. The molecule has 1 aromatic heterocycles. The molecule has 1 saturated heterocycles. The highest BCUT2D eigenvalue weighted by atomic mass is 16.5. The highest BCUT2D eigenvalue weighted by Gasteiger charge is 2.22. The molecule has 7 nitrogen and oxygen atoms in total. The van der Waals surface area contributed by atoms with Crippen molar-refractivity contribution < 1.29 is 9.53 Å². The zero-order valence-corrected chi connectivity index (χ0v) is 11.0. The Bertz CT molecular complexity index is 440. The van der Waals surface area contributed by atoms with E-state index in [1.165, 1.54) is 0 Å². The molecular weight excluding hydrogens is 246 g/mol. The molecular formula is C12H19N5O2. The van der Waals surface area contributed by atoms with E-state index in [-0.39, 0.29) is 12.1 Å². The summed E-state index contributed by atoms with van der Waals surface area (Å²) in [5, 5.41) is 3.21. The number of primary amides is 1. The molecule has 1 atom stereocenters. The van der Waals surface area contributed by atoms with Crippen LogP contribution >= 0.6 is 0 Å². The van der Waals surface area contributed by atoms with Crippen LogP contribution in [-0.4, -0.2) is 46.6 Å². The number of hydrogen-bond donors (Lipinski definition) is 2. The molecule has 1 aliphatic heterocycles. The first-order valence-corrected chi connectivity index (χ1v) is 6.45. The molecule has 1 unspecified atom stereocenters. The quantitative estimate of drug-likeness (QED) is 0.841. The van der Waals surface area contributed by atoms with Crippen LogP contribution in [0.1, 0.15) is 19.8 Å². The van der Waals surface area contributed by atoms with E-state index in [4.69, 9.17) is 10.5 Å². The van der Waals surface area contributed by atoms with E-state index in [1.807, 2.05) is 6.92 Å². The molecule has 0 radical (unpaired) electrons. The van der Waals surface area contributed by atoms with Gasteiger partial charge in [0.15, 0.2) is 0 Å². The molecule has 3 N–H and O–H groups in total. The molecule has 19 heavy (non-hydrogen) atoms. The SMILES string of the molecule is CCOc1ccnc(NC2CCCN(C(N)=O)C2)n1. The number of amides is 2. The van der Waals surface area contributed by atoms with Crippen LogP contribution in [0.2, 0.25) is 0 Å². The third-order valence-electron chi connectivity index (χ3n) is 2.99. The molecule has 0 bridgehead atoms. The predicted octanol–water partition coefficient (Wildman–Crippen LogP) is 0.830. The molecule has 7 heteroatoms. The molecule has 1 aromatic rings. The molecule has 0 aliphatic carbocycles. The summed E-state index contributed by atoms with van der Waals surface area (Å²) in [6, 6.07) is 1.46. The van der Waals surface area contributed by atoms with Crippen LogP contribution < -0.4 is 15.8 Å². The number of nitrogens with zero attached hydrogens (tertiary/aromatic N) is 3. The molecule has 104 valence electrons. The number of nitrogens with one attached hydrogen (secondary N) is 1. The lowest BCUT2D eigenvalue weighted by atomic mass is 10.1. The molecule has 1 aliphatic rings. The van der Waals surface area contributed by atoms with Gasteiger partial charge in [0.1, 0.15) is 0 Å². The molecule has 0 saturated carbocycles.